The van der Waals surface area contributed by atoms with E-state index in [0.717, 1.165) is 17.7 Å². The van der Waals surface area contributed by atoms with Crippen LogP contribution in [-0.4, -0.2) is 11.8 Å². The maximum atomic E-state index is 12.5. The molecule has 0 heterocycles. The van der Waals surface area contributed by atoms with Crippen LogP contribution in [0.15, 0.2) is 42.5 Å². The zero-order chi connectivity index (χ0) is 19.2. The van der Waals surface area contributed by atoms with Crippen LogP contribution < -0.4 is 10.6 Å². The van der Waals surface area contributed by atoms with Crippen molar-refractivity contribution in [1.29, 1.82) is 0 Å². The number of carbonyl (C=O) groups is 2. The minimum Gasteiger partial charge on any atom is -0.325 e. The summed E-state index contributed by atoms with van der Waals surface area (Å²) in [5.41, 5.74) is 2.68. The van der Waals surface area contributed by atoms with E-state index in [1.807, 2.05) is 31.2 Å². The number of para-hydroxylation sites is 1. The van der Waals surface area contributed by atoms with Gasteiger partial charge in [0.05, 0.1) is 10.7 Å². The van der Waals surface area contributed by atoms with Crippen molar-refractivity contribution in [1.82, 2.24) is 0 Å². The number of nitrogens with one attached hydrogen (secondary N) is 2. The minimum absolute atomic E-state index is 0.0553. The van der Waals surface area contributed by atoms with E-state index in [1.54, 1.807) is 18.2 Å². The highest BCUT2D eigenvalue weighted by atomic mass is 35.5. The molecule has 0 spiro atoms. The van der Waals surface area contributed by atoms with Crippen LogP contribution in [0.25, 0.3) is 0 Å². The Morgan fingerprint density at radius 2 is 1.78 bits per heavy atom. The van der Waals surface area contributed by atoms with Gasteiger partial charge in [0.25, 0.3) is 5.91 Å². The van der Waals surface area contributed by atoms with Gasteiger partial charge in [-0.05, 0) is 49.1 Å². The molecule has 0 unspecified atom stereocenters. The van der Waals surface area contributed by atoms with Crippen molar-refractivity contribution in [3.05, 3.63) is 58.6 Å². The second kappa shape index (κ2) is 9.05. The van der Waals surface area contributed by atoms with Crippen LogP contribution in [-0.2, 0) is 4.79 Å². The van der Waals surface area contributed by atoms with Crippen molar-refractivity contribution in [3.63, 3.8) is 0 Å². The van der Waals surface area contributed by atoms with E-state index in [1.165, 1.54) is 25.7 Å². The summed E-state index contributed by atoms with van der Waals surface area (Å²) in [6, 6.07) is 12.5. The first-order valence-electron chi connectivity index (χ1n) is 9.49. The molecule has 0 atom stereocenters. The standard InChI is InChI=1S/C22H25ClN2O2/c1-15-6-2-5-9-19(15)25-22(27)17-11-12-18(23)20(14-17)24-21(26)13-10-16-7-3-4-8-16/h2,5-6,9,11-12,14,16H,3-4,7-8,10,13H2,1H3,(H,24,26)(H,25,27). The van der Waals surface area contributed by atoms with E-state index in [4.69, 9.17) is 11.6 Å². The molecular weight excluding hydrogens is 360 g/mol. The number of amides is 2. The average molecular weight is 385 g/mol. The lowest BCUT2D eigenvalue weighted by Gasteiger charge is -2.12. The molecule has 2 aromatic rings. The molecule has 0 radical (unpaired) electrons. The summed E-state index contributed by atoms with van der Waals surface area (Å²) in [4.78, 5) is 24.8. The summed E-state index contributed by atoms with van der Waals surface area (Å²) in [5, 5.41) is 6.18. The quantitative estimate of drug-likeness (QED) is 0.660. The number of halogens is 1. The monoisotopic (exact) mass is 384 g/mol. The van der Waals surface area contributed by atoms with Crippen molar-refractivity contribution in [3.8, 4) is 0 Å². The molecule has 4 nitrogen and oxygen atoms in total. The van der Waals surface area contributed by atoms with Gasteiger partial charge < -0.3 is 10.6 Å². The van der Waals surface area contributed by atoms with E-state index in [-0.39, 0.29) is 11.8 Å². The summed E-state index contributed by atoms with van der Waals surface area (Å²) < 4.78 is 0. The lowest BCUT2D eigenvalue weighted by Crippen LogP contribution is -2.15. The number of carbonyl (C=O) groups excluding carboxylic acids is 2. The topological polar surface area (TPSA) is 58.2 Å². The molecule has 0 saturated heterocycles. The number of rotatable bonds is 6. The molecule has 3 rings (SSSR count). The molecule has 2 N–H and O–H groups in total. The van der Waals surface area contributed by atoms with Crippen LogP contribution >= 0.6 is 11.6 Å². The van der Waals surface area contributed by atoms with Crippen LogP contribution in [0.3, 0.4) is 0 Å². The normalized spacial score (nSPS) is 14.1. The van der Waals surface area contributed by atoms with Crippen molar-refractivity contribution in [2.75, 3.05) is 10.6 Å². The third kappa shape index (κ3) is 5.33. The van der Waals surface area contributed by atoms with E-state index >= 15 is 0 Å². The lowest BCUT2D eigenvalue weighted by molar-refractivity contribution is -0.116. The Kier molecular flexibility index (Phi) is 6.51. The second-order valence-corrected chi connectivity index (χ2v) is 7.61. The van der Waals surface area contributed by atoms with E-state index in [0.29, 0.717) is 28.6 Å². The smallest absolute Gasteiger partial charge is 0.255 e. The molecule has 0 aliphatic heterocycles. The van der Waals surface area contributed by atoms with Crippen LogP contribution in [0.1, 0.15) is 54.4 Å². The van der Waals surface area contributed by atoms with E-state index < -0.39 is 0 Å². The van der Waals surface area contributed by atoms with Gasteiger partial charge in [0.15, 0.2) is 0 Å². The maximum Gasteiger partial charge on any atom is 0.255 e. The summed E-state index contributed by atoms with van der Waals surface area (Å²) in [6.07, 6.45) is 6.40. The number of benzene rings is 2. The molecule has 2 amide bonds. The largest absolute Gasteiger partial charge is 0.325 e. The zero-order valence-corrected chi connectivity index (χ0v) is 16.3. The fraction of sp³-hybridized carbons (Fsp3) is 0.364. The van der Waals surface area contributed by atoms with Crippen molar-refractivity contribution in [2.24, 2.45) is 5.92 Å². The molecule has 0 aromatic heterocycles. The summed E-state index contributed by atoms with van der Waals surface area (Å²) in [7, 11) is 0. The Morgan fingerprint density at radius 1 is 1.04 bits per heavy atom. The number of anilines is 2. The highest BCUT2D eigenvalue weighted by molar-refractivity contribution is 6.34. The van der Waals surface area contributed by atoms with Crippen LogP contribution in [0.5, 0.6) is 0 Å². The first-order chi connectivity index (χ1) is 13.0. The van der Waals surface area contributed by atoms with E-state index in [2.05, 4.69) is 10.6 Å². The number of hydrogen-bond donors (Lipinski definition) is 2. The van der Waals surface area contributed by atoms with Gasteiger partial charge in [0.2, 0.25) is 5.91 Å². The Hall–Kier alpha value is -2.33. The Morgan fingerprint density at radius 3 is 2.52 bits per heavy atom. The predicted molar refractivity (Wildman–Crippen MR) is 110 cm³/mol. The first-order valence-corrected chi connectivity index (χ1v) is 9.87. The molecule has 0 bridgehead atoms. The Balaban J connectivity index is 1.63. The van der Waals surface area contributed by atoms with E-state index in [9.17, 15) is 9.59 Å². The van der Waals surface area contributed by atoms with Crippen LogP contribution in [0.2, 0.25) is 5.02 Å². The fourth-order valence-electron chi connectivity index (χ4n) is 3.52. The third-order valence-electron chi connectivity index (χ3n) is 5.15. The van der Waals surface area contributed by atoms with Gasteiger partial charge in [0.1, 0.15) is 0 Å². The van der Waals surface area contributed by atoms with Gasteiger partial charge in [-0.1, -0.05) is 55.5 Å². The second-order valence-electron chi connectivity index (χ2n) is 7.20. The molecule has 1 fully saturated rings. The third-order valence-corrected chi connectivity index (χ3v) is 5.48. The minimum atomic E-state index is -0.234. The summed E-state index contributed by atoms with van der Waals surface area (Å²) in [5.74, 6) is 0.375. The Bertz CT molecular complexity index is 829. The molecule has 1 saturated carbocycles. The Labute approximate surface area is 165 Å². The highest BCUT2D eigenvalue weighted by Crippen LogP contribution is 2.29. The molecule has 5 heteroatoms. The summed E-state index contributed by atoms with van der Waals surface area (Å²) in [6.45, 7) is 1.94. The number of aryl methyl sites for hydroxylation is 1. The van der Waals surface area contributed by atoms with Crippen LogP contribution in [0.4, 0.5) is 11.4 Å². The molecule has 2 aromatic carbocycles. The molecular formula is C22H25ClN2O2. The van der Waals surface area contributed by atoms with Gasteiger partial charge in [-0.3, -0.25) is 9.59 Å². The average Bonchev–Trinajstić information content (AvgIpc) is 3.17. The molecule has 27 heavy (non-hydrogen) atoms. The SMILES string of the molecule is Cc1ccccc1NC(=O)c1ccc(Cl)c(NC(=O)CCC2CCCC2)c1. The highest BCUT2D eigenvalue weighted by Gasteiger charge is 2.17. The summed E-state index contributed by atoms with van der Waals surface area (Å²) >= 11 is 6.21. The van der Waals surface area contributed by atoms with Crippen LogP contribution in [0, 0.1) is 12.8 Å². The van der Waals surface area contributed by atoms with Crippen molar-refractivity contribution in [2.45, 2.75) is 45.4 Å². The van der Waals surface area contributed by atoms with Gasteiger partial charge in [0, 0.05) is 17.7 Å². The van der Waals surface area contributed by atoms with Crippen molar-refractivity contribution < 1.29 is 9.59 Å². The van der Waals surface area contributed by atoms with Crippen molar-refractivity contribution >= 4 is 34.8 Å². The fourth-order valence-corrected chi connectivity index (χ4v) is 3.68. The number of hydrogen-bond acceptors (Lipinski definition) is 2. The molecule has 1 aliphatic rings. The zero-order valence-electron chi connectivity index (χ0n) is 15.6. The van der Waals surface area contributed by atoms with Gasteiger partial charge in [-0.2, -0.15) is 0 Å². The van der Waals surface area contributed by atoms with Gasteiger partial charge in [-0.25, -0.2) is 0 Å². The lowest BCUT2D eigenvalue weighted by atomic mass is 10.0. The predicted octanol–water partition coefficient (Wildman–Crippen LogP) is 5.81. The molecule has 1 aliphatic carbocycles. The first kappa shape index (κ1) is 19.4. The van der Waals surface area contributed by atoms with Gasteiger partial charge >= 0.3 is 0 Å². The maximum absolute atomic E-state index is 12.5. The van der Waals surface area contributed by atoms with Gasteiger partial charge in [-0.15, -0.1) is 0 Å². The molecule has 142 valence electrons.